The maximum atomic E-state index is 11.0. The molecular weight excluding hydrogens is 322 g/mol. The van der Waals surface area contributed by atoms with Crippen LogP contribution in [0.5, 0.6) is 0 Å². The monoisotopic (exact) mass is 331 g/mol. The lowest BCUT2D eigenvalue weighted by atomic mass is 10.1. The highest BCUT2D eigenvalue weighted by Gasteiger charge is 2.14. The Morgan fingerprint density at radius 3 is 2.75 bits per heavy atom. The number of anilines is 1. The van der Waals surface area contributed by atoms with Gasteiger partial charge in [-0.25, -0.2) is 0 Å². The molecule has 0 fully saturated rings. The van der Waals surface area contributed by atoms with E-state index in [1.54, 1.807) is 24.3 Å². The third kappa shape index (κ3) is 3.13. The van der Waals surface area contributed by atoms with Gasteiger partial charge in [0.2, 0.25) is 0 Å². The molecule has 100 valence electrons. The molecule has 0 aliphatic rings. The molecule has 0 spiro atoms. The summed E-state index contributed by atoms with van der Waals surface area (Å²) in [5, 5.41) is 23.0. The number of halogens is 1. The maximum absolute atomic E-state index is 11.0. The van der Waals surface area contributed by atoms with Crippen molar-refractivity contribution >= 4 is 27.3 Å². The first-order chi connectivity index (χ1) is 9.61. The predicted molar refractivity (Wildman–Crippen MR) is 79.3 cm³/mol. The van der Waals surface area contributed by atoms with Gasteiger partial charge in [0.05, 0.1) is 16.6 Å². The van der Waals surface area contributed by atoms with Crippen molar-refractivity contribution in [3.05, 3.63) is 68.2 Å². The minimum Gasteiger partial charge on any atom is -0.375 e. The molecule has 1 N–H and O–H groups in total. The van der Waals surface area contributed by atoms with E-state index in [2.05, 4.69) is 27.3 Å². The molecule has 5 nitrogen and oxygen atoms in total. The van der Waals surface area contributed by atoms with Crippen LogP contribution in [-0.4, -0.2) is 4.92 Å². The van der Waals surface area contributed by atoms with Crippen molar-refractivity contribution in [3.63, 3.8) is 0 Å². The SMILES string of the molecule is N#Cc1ccccc1CNc1ccc(Br)cc1[N+](=O)[O-]. The number of rotatable bonds is 4. The van der Waals surface area contributed by atoms with Gasteiger partial charge in [0.25, 0.3) is 5.69 Å². The van der Waals surface area contributed by atoms with Crippen LogP contribution in [0.25, 0.3) is 0 Å². The van der Waals surface area contributed by atoms with Crippen LogP contribution in [0.2, 0.25) is 0 Å². The molecule has 0 aliphatic carbocycles. The minimum absolute atomic E-state index is 0.00573. The van der Waals surface area contributed by atoms with Gasteiger partial charge < -0.3 is 5.32 Å². The average Bonchev–Trinajstić information content (AvgIpc) is 2.46. The highest BCUT2D eigenvalue weighted by atomic mass is 79.9. The summed E-state index contributed by atoms with van der Waals surface area (Å²) in [6.07, 6.45) is 0. The molecule has 20 heavy (non-hydrogen) atoms. The Hall–Kier alpha value is -2.39. The third-order valence-corrected chi connectivity index (χ3v) is 3.26. The van der Waals surface area contributed by atoms with Gasteiger partial charge >= 0.3 is 0 Å². The topological polar surface area (TPSA) is 79.0 Å². The van der Waals surface area contributed by atoms with Gasteiger partial charge in [-0.05, 0) is 23.8 Å². The molecule has 0 saturated carbocycles. The van der Waals surface area contributed by atoms with Crippen molar-refractivity contribution in [2.75, 3.05) is 5.32 Å². The van der Waals surface area contributed by atoms with E-state index in [4.69, 9.17) is 5.26 Å². The number of nitriles is 1. The van der Waals surface area contributed by atoms with Crippen molar-refractivity contribution in [2.45, 2.75) is 6.54 Å². The highest BCUT2D eigenvalue weighted by Crippen LogP contribution is 2.28. The Balaban J connectivity index is 2.24. The van der Waals surface area contributed by atoms with E-state index in [9.17, 15) is 10.1 Å². The second-order valence-electron chi connectivity index (χ2n) is 4.04. The lowest BCUT2D eigenvalue weighted by Gasteiger charge is -2.08. The number of nitrogens with one attached hydrogen (secondary N) is 1. The zero-order valence-corrected chi connectivity index (χ0v) is 11.9. The summed E-state index contributed by atoms with van der Waals surface area (Å²) < 4.78 is 0.646. The zero-order valence-electron chi connectivity index (χ0n) is 10.3. The van der Waals surface area contributed by atoms with Crippen LogP contribution in [0, 0.1) is 21.4 Å². The summed E-state index contributed by atoms with van der Waals surface area (Å²) >= 11 is 3.21. The average molecular weight is 332 g/mol. The van der Waals surface area contributed by atoms with Crippen LogP contribution in [0.1, 0.15) is 11.1 Å². The molecule has 0 atom stereocenters. The first-order valence-electron chi connectivity index (χ1n) is 5.77. The summed E-state index contributed by atoms with van der Waals surface area (Å²) in [6.45, 7) is 0.353. The molecule has 0 unspecified atom stereocenters. The van der Waals surface area contributed by atoms with E-state index in [1.165, 1.54) is 6.07 Å². The Morgan fingerprint density at radius 1 is 1.30 bits per heavy atom. The lowest BCUT2D eigenvalue weighted by Crippen LogP contribution is -2.04. The van der Waals surface area contributed by atoms with Crippen LogP contribution in [0.15, 0.2) is 46.9 Å². The van der Waals surface area contributed by atoms with Crippen LogP contribution in [0.4, 0.5) is 11.4 Å². The minimum atomic E-state index is -0.441. The van der Waals surface area contributed by atoms with Gasteiger partial charge in [-0.2, -0.15) is 5.26 Å². The number of nitrogens with zero attached hydrogens (tertiary/aromatic N) is 2. The van der Waals surface area contributed by atoms with E-state index in [-0.39, 0.29) is 5.69 Å². The summed E-state index contributed by atoms with van der Waals surface area (Å²) in [5.41, 5.74) is 1.77. The molecule has 0 bridgehead atoms. The molecule has 6 heteroatoms. The summed E-state index contributed by atoms with van der Waals surface area (Å²) in [7, 11) is 0. The molecule has 0 aromatic heterocycles. The normalized spacial score (nSPS) is 9.80. The number of hydrogen-bond acceptors (Lipinski definition) is 4. The molecular formula is C14H10BrN3O2. The Morgan fingerprint density at radius 2 is 2.05 bits per heavy atom. The van der Waals surface area contributed by atoms with E-state index in [1.807, 2.05) is 12.1 Å². The first-order valence-corrected chi connectivity index (χ1v) is 6.57. The molecule has 2 rings (SSSR count). The van der Waals surface area contributed by atoms with Gasteiger partial charge in [0.1, 0.15) is 5.69 Å². The van der Waals surface area contributed by atoms with Crippen LogP contribution in [0.3, 0.4) is 0 Å². The second kappa shape index (κ2) is 6.17. The smallest absolute Gasteiger partial charge is 0.293 e. The number of benzene rings is 2. The van der Waals surface area contributed by atoms with E-state index in [0.29, 0.717) is 22.3 Å². The molecule has 2 aromatic rings. The van der Waals surface area contributed by atoms with Gasteiger partial charge in [-0.1, -0.05) is 34.1 Å². The Labute approximate surface area is 124 Å². The first kappa shape index (κ1) is 14.0. The van der Waals surface area contributed by atoms with Crippen molar-refractivity contribution in [1.29, 1.82) is 5.26 Å². The standard InChI is InChI=1S/C14H10BrN3O2/c15-12-5-6-13(14(7-12)18(19)20)17-9-11-4-2-1-3-10(11)8-16/h1-7,17H,9H2. The zero-order chi connectivity index (χ0) is 14.5. The van der Waals surface area contributed by atoms with Crippen molar-refractivity contribution in [2.24, 2.45) is 0 Å². The number of nitro groups is 1. The molecule has 0 saturated heterocycles. The molecule has 2 aromatic carbocycles. The fourth-order valence-corrected chi connectivity index (χ4v) is 2.13. The van der Waals surface area contributed by atoms with Crippen molar-refractivity contribution in [3.8, 4) is 6.07 Å². The summed E-state index contributed by atoms with van der Waals surface area (Å²) in [6, 6.07) is 14.0. The molecule has 0 radical (unpaired) electrons. The predicted octanol–water partition coefficient (Wildman–Crippen LogP) is 3.84. The van der Waals surface area contributed by atoms with Gasteiger partial charge in [0, 0.05) is 17.1 Å². The quantitative estimate of drug-likeness (QED) is 0.681. The van der Waals surface area contributed by atoms with Crippen LogP contribution in [-0.2, 0) is 6.54 Å². The summed E-state index contributed by atoms with van der Waals surface area (Å²) in [5.74, 6) is 0. The molecule has 0 aliphatic heterocycles. The largest absolute Gasteiger partial charge is 0.375 e. The van der Waals surface area contributed by atoms with Crippen molar-refractivity contribution < 1.29 is 4.92 Å². The van der Waals surface area contributed by atoms with E-state index < -0.39 is 4.92 Å². The number of nitro benzene ring substituents is 1. The fourth-order valence-electron chi connectivity index (χ4n) is 1.78. The molecule has 0 amide bonds. The summed E-state index contributed by atoms with van der Waals surface area (Å²) in [4.78, 5) is 10.6. The third-order valence-electron chi connectivity index (χ3n) is 2.76. The Kier molecular flexibility index (Phi) is 4.33. The van der Waals surface area contributed by atoms with Gasteiger partial charge in [-0.3, -0.25) is 10.1 Å². The number of hydrogen-bond donors (Lipinski definition) is 1. The Bertz CT molecular complexity index is 695. The lowest BCUT2D eigenvalue weighted by molar-refractivity contribution is -0.384. The van der Waals surface area contributed by atoms with Crippen LogP contribution >= 0.6 is 15.9 Å². The fraction of sp³-hybridized carbons (Fsp3) is 0.0714. The van der Waals surface area contributed by atoms with Crippen molar-refractivity contribution in [1.82, 2.24) is 0 Å². The van der Waals surface area contributed by atoms with E-state index in [0.717, 1.165) is 5.56 Å². The van der Waals surface area contributed by atoms with E-state index >= 15 is 0 Å². The van der Waals surface area contributed by atoms with Gasteiger partial charge in [0.15, 0.2) is 0 Å². The second-order valence-corrected chi connectivity index (χ2v) is 4.96. The molecule has 0 heterocycles. The van der Waals surface area contributed by atoms with Gasteiger partial charge in [-0.15, -0.1) is 0 Å². The highest BCUT2D eigenvalue weighted by molar-refractivity contribution is 9.10. The maximum Gasteiger partial charge on any atom is 0.293 e. The van der Waals surface area contributed by atoms with Crippen LogP contribution < -0.4 is 5.32 Å².